The van der Waals surface area contributed by atoms with Gasteiger partial charge in [0, 0.05) is 13.2 Å². The number of nitrogens with zero attached hydrogens (tertiary/aromatic N) is 1. The van der Waals surface area contributed by atoms with Crippen molar-refractivity contribution >= 4 is 0 Å². The standard InChI is InChI=1S/C13H21NO/c1-14(10-6-3-7-11-15)12-13-8-4-2-5-9-13/h2,4-5,8-9,15H,3,6-7,10-12H2,1H3. The monoisotopic (exact) mass is 207 g/mol. The highest BCUT2D eigenvalue weighted by Gasteiger charge is 1.99. The van der Waals surface area contributed by atoms with Crippen LogP contribution in [0.3, 0.4) is 0 Å². The van der Waals surface area contributed by atoms with Crippen LogP contribution in [0.5, 0.6) is 0 Å². The lowest BCUT2D eigenvalue weighted by molar-refractivity contribution is 0.271. The minimum atomic E-state index is 0.322. The first-order chi connectivity index (χ1) is 7.33. The van der Waals surface area contributed by atoms with Crippen molar-refractivity contribution in [2.24, 2.45) is 0 Å². The largest absolute Gasteiger partial charge is 0.396 e. The van der Waals surface area contributed by atoms with E-state index in [1.165, 1.54) is 12.0 Å². The van der Waals surface area contributed by atoms with E-state index < -0.39 is 0 Å². The Hall–Kier alpha value is -0.860. The third kappa shape index (κ3) is 5.55. The van der Waals surface area contributed by atoms with E-state index in [1.807, 2.05) is 6.07 Å². The highest BCUT2D eigenvalue weighted by molar-refractivity contribution is 5.14. The molecule has 1 aromatic rings. The Kier molecular flexibility index (Phi) is 6.05. The second-order valence-corrected chi connectivity index (χ2v) is 4.01. The molecule has 0 saturated carbocycles. The fourth-order valence-electron chi connectivity index (χ4n) is 1.64. The minimum absolute atomic E-state index is 0.322. The SMILES string of the molecule is CN(CCCCCO)Cc1ccccc1. The summed E-state index contributed by atoms with van der Waals surface area (Å²) in [6, 6.07) is 10.5. The maximum atomic E-state index is 8.65. The van der Waals surface area contributed by atoms with Crippen LogP contribution in [0.1, 0.15) is 24.8 Å². The summed E-state index contributed by atoms with van der Waals surface area (Å²) in [7, 11) is 2.14. The van der Waals surface area contributed by atoms with Crippen LogP contribution in [0.2, 0.25) is 0 Å². The Morgan fingerprint density at radius 2 is 1.80 bits per heavy atom. The molecule has 0 bridgehead atoms. The molecule has 0 atom stereocenters. The van der Waals surface area contributed by atoms with E-state index in [0.717, 1.165) is 25.9 Å². The molecule has 84 valence electrons. The van der Waals surface area contributed by atoms with Crippen molar-refractivity contribution in [3.63, 3.8) is 0 Å². The zero-order chi connectivity index (χ0) is 10.9. The summed E-state index contributed by atoms with van der Waals surface area (Å²) in [6.45, 7) is 2.44. The van der Waals surface area contributed by atoms with Crippen molar-refractivity contribution in [2.75, 3.05) is 20.2 Å². The Morgan fingerprint density at radius 3 is 2.47 bits per heavy atom. The summed E-state index contributed by atoms with van der Waals surface area (Å²) in [6.07, 6.45) is 3.22. The van der Waals surface area contributed by atoms with Gasteiger partial charge in [-0.25, -0.2) is 0 Å². The molecule has 1 rings (SSSR count). The van der Waals surface area contributed by atoms with Crippen LogP contribution in [0, 0.1) is 0 Å². The summed E-state index contributed by atoms with van der Waals surface area (Å²) < 4.78 is 0. The van der Waals surface area contributed by atoms with Gasteiger partial charge in [-0.15, -0.1) is 0 Å². The first-order valence-electron chi connectivity index (χ1n) is 5.66. The van der Waals surface area contributed by atoms with Gasteiger partial charge in [0.25, 0.3) is 0 Å². The third-order valence-corrected chi connectivity index (χ3v) is 2.49. The first-order valence-corrected chi connectivity index (χ1v) is 5.66. The highest BCUT2D eigenvalue weighted by atomic mass is 16.2. The van der Waals surface area contributed by atoms with Gasteiger partial charge >= 0.3 is 0 Å². The zero-order valence-corrected chi connectivity index (χ0v) is 9.52. The number of benzene rings is 1. The van der Waals surface area contributed by atoms with Crippen LogP contribution in [0.15, 0.2) is 30.3 Å². The second-order valence-electron chi connectivity index (χ2n) is 4.01. The van der Waals surface area contributed by atoms with Gasteiger partial charge in [0.1, 0.15) is 0 Å². The van der Waals surface area contributed by atoms with Crippen LogP contribution in [-0.2, 0) is 6.54 Å². The van der Waals surface area contributed by atoms with E-state index >= 15 is 0 Å². The van der Waals surface area contributed by atoms with E-state index in [-0.39, 0.29) is 0 Å². The molecule has 2 heteroatoms. The molecule has 15 heavy (non-hydrogen) atoms. The number of hydrogen-bond donors (Lipinski definition) is 1. The van der Waals surface area contributed by atoms with Gasteiger partial charge in [-0.2, -0.15) is 0 Å². The predicted octanol–water partition coefficient (Wildman–Crippen LogP) is 2.28. The van der Waals surface area contributed by atoms with Crippen molar-refractivity contribution in [3.05, 3.63) is 35.9 Å². The molecule has 0 aliphatic rings. The molecule has 0 radical (unpaired) electrons. The number of hydrogen-bond acceptors (Lipinski definition) is 2. The molecule has 0 heterocycles. The molecule has 0 aliphatic heterocycles. The van der Waals surface area contributed by atoms with Gasteiger partial charge in [0.05, 0.1) is 0 Å². The third-order valence-electron chi connectivity index (χ3n) is 2.49. The lowest BCUT2D eigenvalue weighted by atomic mass is 10.2. The van der Waals surface area contributed by atoms with Crippen molar-refractivity contribution < 1.29 is 5.11 Å². The van der Waals surface area contributed by atoms with Crippen molar-refractivity contribution in [1.29, 1.82) is 0 Å². The van der Waals surface area contributed by atoms with E-state index in [4.69, 9.17) is 5.11 Å². The maximum absolute atomic E-state index is 8.65. The molecule has 2 nitrogen and oxygen atoms in total. The number of aliphatic hydroxyl groups excluding tert-OH is 1. The number of unbranched alkanes of at least 4 members (excludes halogenated alkanes) is 2. The zero-order valence-electron chi connectivity index (χ0n) is 9.52. The lowest BCUT2D eigenvalue weighted by Gasteiger charge is -2.16. The van der Waals surface area contributed by atoms with Gasteiger partial charge in [0.15, 0.2) is 0 Å². The second kappa shape index (κ2) is 7.43. The molecule has 0 fully saturated rings. The molecule has 0 unspecified atom stereocenters. The summed E-state index contributed by atoms with van der Waals surface area (Å²) in [5, 5.41) is 8.65. The highest BCUT2D eigenvalue weighted by Crippen LogP contribution is 2.04. The van der Waals surface area contributed by atoms with Gasteiger partial charge in [-0.05, 0) is 38.4 Å². The Bertz CT molecular complexity index is 248. The van der Waals surface area contributed by atoms with Gasteiger partial charge in [-0.1, -0.05) is 30.3 Å². The summed E-state index contributed by atoms with van der Waals surface area (Å²) in [5.74, 6) is 0. The summed E-state index contributed by atoms with van der Waals surface area (Å²) in [4.78, 5) is 2.33. The normalized spacial score (nSPS) is 10.9. The number of aliphatic hydroxyl groups is 1. The van der Waals surface area contributed by atoms with E-state index in [0.29, 0.717) is 6.61 Å². The molecule has 1 N–H and O–H groups in total. The van der Waals surface area contributed by atoms with Gasteiger partial charge in [0.2, 0.25) is 0 Å². The van der Waals surface area contributed by atoms with Crippen molar-refractivity contribution in [3.8, 4) is 0 Å². The molecule has 0 aromatic heterocycles. The van der Waals surface area contributed by atoms with Crippen LogP contribution >= 0.6 is 0 Å². The maximum Gasteiger partial charge on any atom is 0.0431 e. The van der Waals surface area contributed by atoms with Crippen LogP contribution < -0.4 is 0 Å². The van der Waals surface area contributed by atoms with Crippen molar-refractivity contribution in [2.45, 2.75) is 25.8 Å². The fraction of sp³-hybridized carbons (Fsp3) is 0.538. The number of rotatable bonds is 7. The van der Waals surface area contributed by atoms with Gasteiger partial charge in [-0.3, -0.25) is 0 Å². The minimum Gasteiger partial charge on any atom is -0.396 e. The lowest BCUT2D eigenvalue weighted by Crippen LogP contribution is -2.19. The molecule has 1 aromatic carbocycles. The van der Waals surface area contributed by atoms with Crippen LogP contribution in [0.4, 0.5) is 0 Å². The van der Waals surface area contributed by atoms with E-state index in [1.54, 1.807) is 0 Å². The van der Waals surface area contributed by atoms with Gasteiger partial charge < -0.3 is 10.0 Å². The topological polar surface area (TPSA) is 23.5 Å². The first kappa shape index (κ1) is 12.2. The van der Waals surface area contributed by atoms with E-state index in [2.05, 4.69) is 36.2 Å². The fourth-order valence-corrected chi connectivity index (χ4v) is 1.64. The van der Waals surface area contributed by atoms with Crippen LogP contribution in [0.25, 0.3) is 0 Å². The Labute approximate surface area is 92.5 Å². The molecule has 0 aliphatic carbocycles. The average Bonchev–Trinajstić information content (AvgIpc) is 2.26. The van der Waals surface area contributed by atoms with Crippen molar-refractivity contribution in [1.82, 2.24) is 4.90 Å². The quantitative estimate of drug-likeness (QED) is 0.693. The average molecular weight is 207 g/mol. The summed E-state index contributed by atoms with van der Waals surface area (Å²) in [5.41, 5.74) is 1.36. The van der Waals surface area contributed by atoms with E-state index in [9.17, 15) is 0 Å². The Balaban J connectivity index is 2.16. The molecule has 0 spiro atoms. The summed E-state index contributed by atoms with van der Waals surface area (Å²) >= 11 is 0. The predicted molar refractivity (Wildman–Crippen MR) is 63.7 cm³/mol. The molecular weight excluding hydrogens is 186 g/mol. The molecular formula is C13H21NO. The van der Waals surface area contributed by atoms with Crippen LogP contribution in [-0.4, -0.2) is 30.2 Å². The molecule has 0 saturated heterocycles. The molecule has 0 amide bonds. The smallest absolute Gasteiger partial charge is 0.0431 e. The Morgan fingerprint density at radius 1 is 1.07 bits per heavy atom.